The van der Waals surface area contributed by atoms with Crippen molar-refractivity contribution in [3.8, 4) is 11.1 Å². The number of nitrogens with one attached hydrogen (secondary N) is 1. The molecule has 4 aromatic carbocycles. The minimum Gasteiger partial charge on any atom is -0.300 e. The quantitative estimate of drug-likeness (QED) is 0.359. The summed E-state index contributed by atoms with van der Waals surface area (Å²) in [4.78, 5) is 0. The molecule has 0 saturated heterocycles. The van der Waals surface area contributed by atoms with E-state index in [0.29, 0.717) is 5.71 Å². The molecule has 0 spiro atoms. The normalized spacial score (nSPS) is 11.3. The van der Waals surface area contributed by atoms with E-state index in [-0.39, 0.29) is 0 Å². The Morgan fingerprint density at radius 1 is 0.586 bits per heavy atom. The number of aryl methyl sites for hydroxylation is 1. The van der Waals surface area contributed by atoms with E-state index in [2.05, 4.69) is 79.7 Å². The van der Waals surface area contributed by atoms with Crippen LogP contribution < -0.4 is 0 Å². The molecule has 1 nitrogen and oxygen atoms in total. The molecule has 1 heteroatoms. The summed E-state index contributed by atoms with van der Waals surface area (Å²) >= 11 is 0. The monoisotopic (exact) mass is 373 g/mol. The molecule has 0 amide bonds. The van der Waals surface area contributed by atoms with Gasteiger partial charge in [0.1, 0.15) is 0 Å². The van der Waals surface area contributed by atoms with Gasteiger partial charge >= 0.3 is 0 Å². The third-order valence-electron chi connectivity index (χ3n) is 5.01. The third kappa shape index (κ3) is 4.41. The van der Waals surface area contributed by atoms with Gasteiger partial charge in [-0.05, 0) is 46.4 Å². The van der Waals surface area contributed by atoms with E-state index in [4.69, 9.17) is 5.41 Å². The summed E-state index contributed by atoms with van der Waals surface area (Å²) in [5.74, 6) is 0. The molecular formula is C28H23N. The van der Waals surface area contributed by atoms with E-state index in [9.17, 15) is 0 Å². The first-order chi connectivity index (χ1) is 14.2. The maximum atomic E-state index is 8.61. The minimum absolute atomic E-state index is 0.509. The van der Waals surface area contributed by atoms with Crippen LogP contribution in [0.15, 0.2) is 115 Å². The van der Waals surface area contributed by atoms with Crippen molar-refractivity contribution >= 4 is 11.3 Å². The highest BCUT2D eigenvalue weighted by Gasteiger charge is 2.09. The van der Waals surface area contributed by atoms with E-state index < -0.39 is 0 Å². The first-order valence-electron chi connectivity index (χ1n) is 9.79. The molecule has 0 atom stereocenters. The lowest BCUT2D eigenvalue weighted by Crippen LogP contribution is -1.98. The highest BCUT2D eigenvalue weighted by molar-refractivity contribution is 6.11. The van der Waals surface area contributed by atoms with Crippen LogP contribution >= 0.6 is 0 Å². The molecule has 0 heterocycles. The van der Waals surface area contributed by atoms with Crippen LogP contribution in [0.4, 0.5) is 0 Å². The van der Waals surface area contributed by atoms with E-state index in [1.807, 2.05) is 42.5 Å². The summed E-state index contributed by atoms with van der Waals surface area (Å²) in [6, 6.07) is 37.3. The molecule has 1 N–H and O–H groups in total. The van der Waals surface area contributed by atoms with Crippen molar-refractivity contribution < 1.29 is 0 Å². The second kappa shape index (κ2) is 8.53. The molecule has 29 heavy (non-hydrogen) atoms. The summed E-state index contributed by atoms with van der Waals surface area (Å²) in [5.41, 5.74) is 8.32. The molecule has 0 aromatic heterocycles. The maximum Gasteiger partial charge on any atom is 0.0618 e. The first kappa shape index (κ1) is 18.6. The van der Waals surface area contributed by atoms with Crippen molar-refractivity contribution in [3.63, 3.8) is 0 Å². The fourth-order valence-electron chi connectivity index (χ4n) is 3.46. The van der Waals surface area contributed by atoms with Gasteiger partial charge in [-0.15, -0.1) is 0 Å². The Kier molecular flexibility index (Phi) is 5.49. The smallest absolute Gasteiger partial charge is 0.0618 e. The van der Waals surface area contributed by atoms with Crippen molar-refractivity contribution in [2.75, 3.05) is 0 Å². The Balaban J connectivity index is 1.76. The highest BCUT2D eigenvalue weighted by Crippen LogP contribution is 2.28. The van der Waals surface area contributed by atoms with Gasteiger partial charge in [0.05, 0.1) is 5.71 Å². The molecule has 0 aliphatic carbocycles. The lowest BCUT2D eigenvalue weighted by Gasteiger charge is -2.12. The lowest BCUT2D eigenvalue weighted by molar-refractivity contribution is 1.43. The number of hydrogen-bond donors (Lipinski definition) is 1. The zero-order valence-corrected chi connectivity index (χ0v) is 16.5. The Labute approximate surface area is 172 Å². The van der Waals surface area contributed by atoms with Crippen molar-refractivity contribution in [3.05, 3.63) is 138 Å². The van der Waals surface area contributed by atoms with Gasteiger partial charge < -0.3 is 5.41 Å². The Morgan fingerprint density at radius 2 is 1.17 bits per heavy atom. The van der Waals surface area contributed by atoms with Gasteiger partial charge in [-0.25, -0.2) is 0 Å². The largest absolute Gasteiger partial charge is 0.300 e. The zero-order chi connectivity index (χ0) is 20.1. The fourth-order valence-corrected chi connectivity index (χ4v) is 3.46. The van der Waals surface area contributed by atoms with Crippen LogP contribution in [0.5, 0.6) is 0 Å². The van der Waals surface area contributed by atoms with Gasteiger partial charge in [0, 0.05) is 0 Å². The average Bonchev–Trinajstić information content (AvgIpc) is 2.79. The van der Waals surface area contributed by atoms with Crippen molar-refractivity contribution in [2.45, 2.75) is 6.92 Å². The molecule has 0 saturated carbocycles. The van der Waals surface area contributed by atoms with E-state index in [1.54, 1.807) is 0 Å². The maximum absolute atomic E-state index is 8.61. The molecule has 0 aliphatic heterocycles. The fraction of sp³-hybridized carbons (Fsp3) is 0.0357. The molecule has 0 radical (unpaired) electrons. The van der Waals surface area contributed by atoms with Gasteiger partial charge in [0.25, 0.3) is 0 Å². The van der Waals surface area contributed by atoms with E-state index >= 15 is 0 Å². The molecule has 140 valence electrons. The van der Waals surface area contributed by atoms with E-state index in [1.165, 1.54) is 16.7 Å². The third-order valence-corrected chi connectivity index (χ3v) is 5.01. The van der Waals surface area contributed by atoms with Gasteiger partial charge in [-0.1, -0.05) is 115 Å². The second-order valence-electron chi connectivity index (χ2n) is 7.15. The predicted octanol–water partition coefficient (Wildman–Crippen LogP) is 7.16. The van der Waals surface area contributed by atoms with Gasteiger partial charge in [-0.2, -0.15) is 0 Å². The topological polar surface area (TPSA) is 23.9 Å². The zero-order valence-electron chi connectivity index (χ0n) is 16.5. The van der Waals surface area contributed by atoms with Gasteiger partial charge in [0.15, 0.2) is 0 Å². The van der Waals surface area contributed by atoms with Crippen LogP contribution in [0.25, 0.3) is 16.7 Å². The Morgan fingerprint density at radius 3 is 1.83 bits per heavy atom. The van der Waals surface area contributed by atoms with Crippen LogP contribution in [0.1, 0.15) is 22.3 Å². The van der Waals surface area contributed by atoms with Crippen LogP contribution in [-0.2, 0) is 0 Å². The standard InChI is InChI=1S/C28H23N/c1-21-9-8-14-26(19-21)27(20-28(29)25-12-6-3-7-13-25)24-17-15-23(16-18-24)22-10-4-2-5-11-22/h2-20,29H,1H3/b27-20-,29-28?. The van der Waals surface area contributed by atoms with Crippen molar-refractivity contribution in [2.24, 2.45) is 0 Å². The number of benzene rings is 4. The van der Waals surface area contributed by atoms with Crippen molar-refractivity contribution in [1.29, 1.82) is 5.41 Å². The Hall–Kier alpha value is -3.71. The molecule has 0 bridgehead atoms. The summed E-state index contributed by atoms with van der Waals surface area (Å²) in [7, 11) is 0. The van der Waals surface area contributed by atoms with Crippen LogP contribution in [0, 0.1) is 12.3 Å². The molecule has 0 fully saturated rings. The number of rotatable bonds is 5. The van der Waals surface area contributed by atoms with E-state index in [0.717, 1.165) is 22.3 Å². The molecule has 4 aromatic rings. The summed E-state index contributed by atoms with van der Waals surface area (Å²) in [6.45, 7) is 2.10. The average molecular weight is 373 g/mol. The molecule has 0 aliphatic rings. The molecule has 4 rings (SSSR count). The first-order valence-corrected chi connectivity index (χ1v) is 9.79. The van der Waals surface area contributed by atoms with Crippen LogP contribution in [-0.4, -0.2) is 5.71 Å². The highest BCUT2D eigenvalue weighted by atomic mass is 14.4. The minimum atomic E-state index is 0.509. The number of allylic oxidation sites excluding steroid dienone is 1. The van der Waals surface area contributed by atoms with Crippen LogP contribution in [0.2, 0.25) is 0 Å². The van der Waals surface area contributed by atoms with Gasteiger partial charge in [0.2, 0.25) is 0 Å². The summed E-state index contributed by atoms with van der Waals surface area (Å²) in [5, 5.41) is 8.61. The summed E-state index contributed by atoms with van der Waals surface area (Å²) < 4.78 is 0. The predicted molar refractivity (Wildman–Crippen MR) is 123 cm³/mol. The SMILES string of the molecule is Cc1cccc(/C(=C\C(=N)c2ccccc2)c2ccc(-c3ccccc3)cc2)c1. The van der Waals surface area contributed by atoms with Gasteiger partial charge in [-0.3, -0.25) is 0 Å². The lowest BCUT2D eigenvalue weighted by atomic mass is 9.93. The van der Waals surface area contributed by atoms with Crippen molar-refractivity contribution in [1.82, 2.24) is 0 Å². The number of hydrogen-bond acceptors (Lipinski definition) is 1. The molecule has 0 unspecified atom stereocenters. The summed E-state index contributed by atoms with van der Waals surface area (Å²) in [6.07, 6.45) is 1.97. The Bertz CT molecular complexity index is 1140. The second-order valence-corrected chi connectivity index (χ2v) is 7.15. The molecular weight excluding hydrogens is 350 g/mol. The van der Waals surface area contributed by atoms with Crippen LogP contribution in [0.3, 0.4) is 0 Å².